The summed E-state index contributed by atoms with van der Waals surface area (Å²) < 4.78 is 32.9. The van der Waals surface area contributed by atoms with Gasteiger partial charge in [-0.1, -0.05) is 18.2 Å². The highest BCUT2D eigenvalue weighted by Gasteiger charge is 2.17. The van der Waals surface area contributed by atoms with Crippen molar-refractivity contribution in [1.29, 1.82) is 0 Å². The molecule has 0 aliphatic rings. The van der Waals surface area contributed by atoms with Gasteiger partial charge in [0.25, 0.3) is 15.9 Å². The number of nitrogens with one attached hydrogen (secondary N) is 2. The third kappa shape index (κ3) is 5.70. The largest absolute Gasteiger partial charge is 0.462 e. The fourth-order valence-electron chi connectivity index (χ4n) is 2.83. The molecule has 8 heteroatoms. The number of benzene rings is 3. The molecule has 7 nitrogen and oxygen atoms in total. The molecule has 0 saturated heterocycles. The highest BCUT2D eigenvalue weighted by molar-refractivity contribution is 7.92. The molecule has 2 N–H and O–H groups in total. The smallest absolute Gasteiger partial charge is 0.338 e. The number of esters is 1. The Morgan fingerprint density at radius 1 is 0.871 bits per heavy atom. The summed E-state index contributed by atoms with van der Waals surface area (Å²) in [5, 5.41) is 2.69. The summed E-state index contributed by atoms with van der Waals surface area (Å²) in [6.07, 6.45) is 0. The van der Waals surface area contributed by atoms with Crippen molar-refractivity contribution < 1.29 is 22.7 Å². The summed E-state index contributed by atoms with van der Waals surface area (Å²) in [5.41, 5.74) is 2.37. The number of sulfonamides is 1. The van der Waals surface area contributed by atoms with Gasteiger partial charge in [-0.15, -0.1) is 0 Å². The summed E-state index contributed by atoms with van der Waals surface area (Å²) >= 11 is 0. The number of carbonyl (C=O) groups is 2. The molecule has 3 aromatic carbocycles. The minimum Gasteiger partial charge on any atom is -0.462 e. The van der Waals surface area contributed by atoms with Gasteiger partial charge in [0.2, 0.25) is 0 Å². The summed E-state index contributed by atoms with van der Waals surface area (Å²) in [6, 6.07) is 19.0. The number of aryl methyl sites for hydroxylation is 1. The van der Waals surface area contributed by atoms with E-state index in [9.17, 15) is 18.0 Å². The second-order valence-corrected chi connectivity index (χ2v) is 8.44. The predicted octanol–water partition coefficient (Wildman–Crippen LogP) is 4.22. The average molecular weight is 439 g/mol. The molecule has 0 radical (unpaired) electrons. The standard InChI is InChI=1S/C23H22N2O5S/c1-3-30-23(27)17-10-12-19(13-11-17)24-22(26)18-7-5-9-21(15-18)31(28,29)25-20-8-4-6-16(2)14-20/h4-15,25H,3H2,1-2H3,(H,24,26). The first-order chi connectivity index (χ1) is 14.8. The van der Waals surface area contributed by atoms with Gasteiger partial charge >= 0.3 is 5.97 Å². The number of ether oxygens (including phenoxy) is 1. The average Bonchev–Trinajstić information content (AvgIpc) is 2.74. The lowest BCUT2D eigenvalue weighted by Gasteiger charge is -2.10. The second-order valence-electron chi connectivity index (χ2n) is 6.75. The Hall–Kier alpha value is -3.65. The van der Waals surface area contributed by atoms with Crippen LogP contribution in [0.4, 0.5) is 11.4 Å². The Bertz CT molecular complexity index is 1200. The third-order valence-electron chi connectivity index (χ3n) is 4.33. The van der Waals surface area contributed by atoms with E-state index < -0.39 is 21.9 Å². The van der Waals surface area contributed by atoms with Gasteiger partial charge < -0.3 is 10.1 Å². The SMILES string of the molecule is CCOC(=O)c1ccc(NC(=O)c2cccc(S(=O)(=O)Nc3cccc(C)c3)c2)cc1. The molecule has 160 valence electrons. The Kier molecular flexibility index (Phi) is 6.71. The molecular weight excluding hydrogens is 416 g/mol. The molecule has 0 saturated carbocycles. The van der Waals surface area contributed by atoms with Gasteiger partial charge in [-0.25, -0.2) is 13.2 Å². The van der Waals surface area contributed by atoms with Crippen molar-refractivity contribution in [3.8, 4) is 0 Å². The van der Waals surface area contributed by atoms with E-state index in [1.165, 1.54) is 24.3 Å². The molecular formula is C23H22N2O5S. The van der Waals surface area contributed by atoms with E-state index in [1.54, 1.807) is 49.4 Å². The zero-order chi connectivity index (χ0) is 22.4. The maximum Gasteiger partial charge on any atom is 0.338 e. The van der Waals surface area contributed by atoms with E-state index in [1.807, 2.05) is 13.0 Å². The van der Waals surface area contributed by atoms with Crippen molar-refractivity contribution in [2.75, 3.05) is 16.6 Å². The quantitative estimate of drug-likeness (QED) is 0.538. The predicted molar refractivity (Wildman–Crippen MR) is 119 cm³/mol. The molecule has 0 aliphatic carbocycles. The van der Waals surface area contributed by atoms with Crippen LogP contribution in [0.15, 0.2) is 77.7 Å². The van der Waals surface area contributed by atoms with Crippen LogP contribution in [0, 0.1) is 6.92 Å². The van der Waals surface area contributed by atoms with Crippen LogP contribution in [0.3, 0.4) is 0 Å². The van der Waals surface area contributed by atoms with Gasteiger partial charge in [0.15, 0.2) is 0 Å². The van der Waals surface area contributed by atoms with Crippen molar-refractivity contribution in [3.63, 3.8) is 0 Å². The number of amides is 1. The summed E-state index contributed by atoms with van der Waals surface area (Å²) in [4.78, 5) is 24.3. The lowest BCUT2D eigenvalue weighted by atomic mass is 10.2. The van der Waals surface area contributed by atoms with E-state index in [-0.39, 0.29) is 17.1 Å². The first kappa shape index (κ1) is 22.0. The Balaban J connectivity index is 1.74. The molecule has 0 fully saturated rings. The van der Waals surface area contributed by atoms with Crippen LogP contribution in [-0.2, 0) is 14.8 Å². The van der Waals surface area contributed by atoms with Crippen LogP contribution in [0.1, 0.15) is 33.2 Å². The van der Waals surface area contributed by atoms with Crippen molar-refractivity contribution in [2.24, 2.45) is 0 Å². The molecule has 0 spiro atoms. The number of carbonyl (C=O) groups excluding carboxylic acids is 2. The van der Waals surface area contributed by atoms with Gasteiger partial charge in [0.1, 0.15) is 0 Å². The van der Waals surface area contributed by atoms with Crippen molar-refractivity contribution in [3.05, 3.63) is 89.5 Å². The fraction of sp³-hybridized carbons (Fsp3) is 0.130. The van der Waals surface area contributed by atoms with E-state index in [0.29, 0.717) is 16.9 Å². The molecule has 0 heterocycles. The van der Waals surface area contributed by atoms with Gasteiger partial charge in [0, 0.05) is 16.9 Å². The first-order valence-corrected chi connectivity index (χ1v) is 11.0. The molecule has 0 aliphatic heterocycles. The summed E-state index contributed by atoms with van der Waals surface area (Å²) in [6.45, 7) is 3.86. The first-order valence-electron chi connectivity index (χ1n) is 9.56. The van der Waals surface area contributed by atoms with Crippen molar-refractivity contribution in [2.45, 2.75) is 18.7 Å². The number of rotatable bonds is 7. The Labute approximate surface area is 181 Å². The monoisotopic (exact) mass is 438 g/mol. The summed E-state index contributed by atoms with van der Waals surface area (Å²) in [7, 11) is -3.86. The second kappa shape index (κ2) is 9.44. The number of hydrogen-bond acceptors (Lipinski definition) is 5. The van der Waals surface area contributed by atoms with Crippen molar-refractivity contribution in [1.82, 2.24) is 0 Å². The maximum atomic E-state index is 12.7. The minimum absolute atomic E-state index is 0.0284. The van der Waals surface area contributed by atoms with Crippen LogP contribution in [0.5, 0.6) is 0 Å². The van der Waals surface area contributed by atoms with E-state index >= 15 is 0 Å². The van der Waals surface area contributed by atoms with Gasteiger partial charge in [-0.05, 0) is 74.0 Å². The van der Waals surface area contributed by atoms with Gasteiger partial charge in [0.05, 0.1) is 17.1 Å². The Morgan fingerprint density at radius 3 is 2.26 bits per heavy atom. The lowest BCUT2D eigenvalue weighted by molar-refractivity contribution is 0.0526. The molecule has 0 bridgehead atoms. The molecule has 3 aromatic rings. The third-order valence-corrected chi connectivity index (χ3v) is 5.71. The molecule has 0 aromatic heterocycles. The van der Waals surface area contributed by atoms with E-state index in [4.69, 9.17) is 4.74 Å². The highest BCUT2D eigenvalue weighted by atomic mass is 32.2. The van der Waals surface area contributed by atoms with E-state index in [0.717, 1.165) is 5.56 Å². The fourth-order valence-corrected chi connectivity index (χ4v) is 3.93. The number of hydrogen-bond donors (Lipinski definition) is 2. The summed E-state index contributed by atoms with van der Waals surface area (Å²) in [5.74, 6) is -0.920. The molecule has 3 rings (SSSR count). The normalized spacial score (nSPS) is 10.9. The van der Waals surface area contributed by atoms with E-state index in [2.05, 4.69) is 10.0 Å². The lowest BCUT2D eigenvalue weighted by Crippen LogP contribution is -2.16. The van der Waals surface area contributed by atoms with Crippen LogP contribution >= 0.6 is 0 Å². The minimum atomic E-state index is -3.86. The van der Waals surface area contributed by atoms with Crippen LogP contribution < -0.4 is 10.0 Å². The maximum absolute atomic E-state index is 12.7. The van der Waals surface area contributed by atoms with Gasteiger partial charge in [-0.3, -0.25) is 9.52 Å². The zero-order valence-corrected chi connectivity index (χ0v) is 17.9. The van der Waals surface area contributed by atoms with Crippen molar-refractivity contribution >= 4 is 33.3 Å². The molecule has 0 unspecified atom stereocenters. The van der Waals surface area contributed by atoms with Crippen LogP contribution in [-0.4, -0.2) is 26.9 Å². The topological polar surface area (TPSA) is 102 Å². The van der Waals surface area contributed by atoms with Crippen LogP contribution in [0.2, 0.25) is 0 Å². The highest BCUT2D eigenvalue weighted by Crippen LogP contribution is 2.19. The number of anilines is 2. The molecule has 31 heavy (non-hydrogen) atoms. The molecule has 1 amide bonds. The van der Waals surface area contributed by atoms with Crippen LogP contribution in [0.25, 0.3) is 0 Å². The Morgan fingerprint density at radius 2 is 1.58 bits per heavy atom. The molecule has 0 atom stereocenters. The zero-order valence-electron chi connectivity index (χ0n) is 17.1. The van der Waals surface area contributed by atoms with Gasteiger partial charge in [-0.2, -0.15) is 0 Å².